The zero-order valence-corrected chi connectivity index (χ0v) is 14.1. The predicted molar refractivity (Wildman–Crippen MR) is 89.4 cm³/mol. The zero-order valence-electron chi connectivity index (χ0n) is 14.1. The first-order valence-corrected chi connectivity index (χ1v) is 8.38. The van der Waals surface area contributed by atoms with E-state index in [-0.39, 0.29) is 23.4 Å². The SMILES string of the molecule is COCCCNC(=O)CN1CCC[C@H](C(=O)c2ccc(F)cc2)C1. The van der Waals surface area contributed by atoms with Crippen LogP contribution < -0.4 is 5.32 Å². The average molecular weight is 336 g/mol. The Morgan fingerprint density at radius 3 is 2.79 bits per heavy atom. The van der Waals surface area contributed by atoms with Crippen molar-refractivity contribution in [2.75, 3.05) is 39.9 Å². The summed E-state index contributed by atoms with van der Waals surface area (Å²) in [5.74, 6) is -0.478. The van der Waals surface area contributed by atoms with E-state index >= 15 is 0 Å². The fourth-order valence-electron chi connectivity index (χ4n) is 2.97. The zero-order chi connectivity index (χ0) is 17.4. The lowest BCUT2D eigenvalue weighted by molar-refractivity contribution is -0.122. The summed E-state index contributed by atoms with van der Waals surface area (Å²) in [7, 11) is 1.63. The minimum absolute atomic E-state index is 0.0269. The van der Waals surface area contributed by atoms with Crippen LogP contribution in [0.5, 0.6) is 0 Å². The molecule has 6 heteroatoms. The summed E-state index contributed by atoms with van der Waals surface area (Å²) in [4.78, 5) is 26.5. The molecule has 1 atom stereocenters. The van der Waals surface area contributed by atoms with Gasteiger partial charge in [-0.1, -0.05) is 0 Å². The van der Waals surface area contributed by atoms with Crippen molar-refractivity contribution in [1.29, 1.82) is 0 Å². The van der Waals surface area contributed by atoms with Gasteiger partial charge in [-0.15, -0.1) is 0 Å². The molecule has 5 nitrogen and oxygen atoms in total. The minimum Gasteiger partial charge on any atom is -0.385 e. The summed E-state index contributed by atoms with van der Waals surface area (Å²) in [5.41, 5.74) is 0.535. The summed E-state index contributed by atoms with van der Waals surface area (Å²) in [6.07, 6.45) is 2.48. The van der Waals surface area contributed by atoms with E-state index in [1.165, 1.54) is 24.3 Å². The molecule has 1 heterocycles. The Morgan fingerprint density at radius 2 is 2.08 bits per heavy atom. The Balaban J connectivity index is 1.81. The molecule has 0 saturated carbocycles. The number of hydrogen-bond acceptors (Lipinski definition) is 4. The number of likely N-dealkylation sites (tertiary alicyclic amines) is 1. The quantitative estimate of drug-likeness (QED) is 0.582. The van der Waals surface area contributed by atoms with Crippen LogP contribution in [0.4, 0.5) is 4.39 Å². The molecule has 132 valence electrons. The van der Waals surface area contributed by atoms with E-state index in [0.29, 0.717) is 31.8 Å². The minimum atomic E-state index is -0.345. The summed E-state index contributed by atoms with van der Waals surface area (Å²) in [5, 5.41) is 2.86. The van der Waals surface area contributed by atoms with Crippen LogP contribution in [0.25, 0.3) is 0 Å². The Hall–Kier alpha value is -1.79. The van der Waals surface area contributed by atoms with Crippen molar-refractivity contribution in [2.24, 2.45) is 5.92 Å². The number of halogens is 1. The van der Waals surface area contributed by atoms with Crippen LogP contribution in [0.1, 0.15) is 29.6 Å². The molecule has 2 rings (SSSR count). The molecule has 1 aliphatic heterocycles. The first-order valence-electron chi connectivity index (χ1n) is 8.38. The highest BCUT2D eigenvalue weighted by molar-refractivity contribution is 5.98. The van der Waals surface area contributed by atoms with E-state index in [0.717, 1.165) is 25.8 Å². The van der Waals surface area contributed by atoms with Crippen LogP contribution >= 0.6 is 0 Å². The Labute approximate surface area is 142 Å². The van der Waals surface area contributed by atoms with Gasteiger partial charge in [0.2, 0.25) is 5.91 Å². The summed E-state index contributed by atoms with van der Waals surface area (Å²) >= 11 is 0. The first kappa shape index (κ1) is 18.5. The van der Waals surface area contributed by atoms with Gasteiger partial charge in [0.15, 0.2) is 5.78 Å². The highest BCUT2D eigenvalue weighted by atomic mass is 19.1. The van der Waals surface area contributed by atoms with E-state index in [2.05, 4.69) is 5.32 Å². The van der Waals surface area contributed by atoms with Crippen molar-refractivity contribution in [3.8, 4) is 0 Å². The van der Waals surface area contributed by atoms with E-state index in [4.69, 9.17) is 4.74 Å². The molecular formula is C18H25FN2O3. The number of methoxy groups -OCH3 is 1. The van der Waals surface area contributed by atoms with Crippen LogP contribution in [0.15, 0.2) is 24.3 Å². The monoisotopic (exact) mass is 336 g/mol. The van der Waals surface area contributed by atoms with Crippen LogP contribution in [-0.4, -0.2) is 56.5 Å². The third-order valence-electron chi connectivity index (χ3n) is 4.22. The standard InChI is InChI=1S/C18H25FN2O3/c1-24-11-3-9-20-17(22)13-21-10-2-4-15(12-21)18(23)14-5-7-16(19)8-6-14/h5-8,15H,2-4,9-13H2,1H3,(H,20,22)/t15-/m0/s1. The van der Waals surface area contributed by atoms with E-state index < -0.39 is 0 Å². The summed E-state index contributed by atoms with van der Waals surface area (Å²) in [6, 6.07) is 5.67. The van der Waals surface area contributed by atoms with E-state index in [1.807, 2.05) is 4.90 Å². The topological polar surface area (TPSA) is 58.6 Å². The molecule has 0 radical (unpaired) electrons. The molecule has 1 N–H and O–H groups in total. The van der Waals surface area contributed by atoms with E-state index in [9.17, 15) is 14.0 Å². The number of rotatable bonds is 8. The van der Waals surface area contributed by atoms with Crippen molar-refractivity contribution in [3.05, 3.63) is 35.6 Å². The van der Waals surface area contributed by atoms with Crippen molar-refractivity contribution in [1.82, 2.24) is 10.2 Å². The van der Waals surface area contributed by atoms with Crippen molar-refractivity contribution in [3.63, 3.8) is 0 Å². The number of carbonyl (C=O) groups is 2. The number of benzene rings is 1. The van der Waals surface area contributed by atoms with Gasteiger partial charge in [-0.3, -0.25) is 14.5 Å². The largest absolute Gasteiger partial charge is 0.385 e. The second kappa shape index (κ2) is 9.49. The highest BCUT2D eigenvalue weighted by Gasteiger charge is 2.27. The Morgan fingerprint density at radius 1 is 1.33 bits per heavy atom. The van der Waals surface area contributed by atoms with Crippen molar-refractivity contribution < 1.29 is 18.7 Å². The van der Waals surface area contributed by atoms with Gasteiger partial charge in [-0.05, 0) is 50.1 Å². The molecule has 0 bridgehead atoms. The third-order valence-corrected chi connectivity index (χ3v) is 4.22. The smallest absolute Gasteiger partial charge is 0.234 e. The Bertz CT molecular complexity index is 548. The number of ketones is 1. The molecule has 0 aromatic heterocycles. The maximum absolute atomic E-state index is 13.0. The molecule has 1 saturated heterocycles. The van der Waals surface area contributed by atoms with Gasteiger partial charge in [-0.2, -0.15) is 0 Å². The Kier molecular flexibility index (Phi) is 7.34. The van der Waals surface area contributed by atoms with Crippen molar-refractivity contribution >= 4 is 11.7 Å². The maximum atomic E-state index is 13.0. The summed E-state index contributed by atoms with van der Waals surface area (Å²) in [6.45, 7) is 2.91. The number of hydrogen-bond donors (Lipinski definition) is 1. The fourth-order valence-corrected chi connectivity index (χ4v) is 2.97. The first-order chi connectivity index (χ1) is 11.6. The molecule has 1 aromatic carbocycles. The number of piperidine rings is 1. The van der Waals surface area contributed by atoms with E-state index in [1.54, 1.807) is 7.11 Å². The van der Waals surface area contributed by atoms with Crippen LogP contribution in [0, 0.1) is 11.7 Å². The molecule has 1 aromatic rings. The van der Waals surface area contributed by atoms with Crippen LogP contribution in [0.2, 0.25) is 0 Å². The van der Waals surface area contributed by atoms with Crippen molar-refractivity contribution in [2.45, 2.75) is 19.3 Å². The predicted octanol–water partition coefficient (Wildman–Crippen LogP) is 1.87. The van der Waals surface area contributed by atoms with Gasteiger partial charge in [0.1, 0.15) is 5.82 Å². The molecule has 0 spiro atoms. The van der Waals surface area contributed by atoms with Gasteiger partial charge in [0, 0.05) is 38.3 Å². The molecule has 24 heavy (non-hydrogen) atoms. The lowest BCUT2D eigenvalue weighted by Gasteiger charge is -2.31. The molecule has 1 fully saturated rings. The molecule has 1 aliphatic rings. The second-order valence-corrected chi connectivity index (χ2v) is 6.14. The number of ether oxygens (including phenoxy) is 1. The number of nitrogens with one attached hydrogen (secondary N) is 1. The average Bonchev–Trinajstić information content (AvgIpc) is 2.59. The molecule has 1 amide bonds. The maximum Gasteiger partial charge on any atom is 0.234 e. The third kappa shape index (κ3) is 5.69. The van der Waals surface area contributed by atoms with Gasteiger partial charge in [-0.25, -0.2) is 4.39 Å². The van der Waals surface area contributed by atoms with Crippen LogP contribution in [-0.2, 0) is 9.53 Å². The van der Waals surface area contributed by atoms with Crippen LogP contribution in [0.3, 0.4) is 0 Å². The lowest BCUT2D eigenvalue weighted by Crippen LogP contribution is -2.44. The van der Waals surface area contributed by atoms with Gasteiger partial charge < -0.3 is 10.1 Å². The van der Waals surface area contributed by atoms with Gasteiger partial charge in [0.25, 0.3) is 0 Å². The molecule has 0 aliphatic carbocycles. The molecular weight excluding hydrogens is 311 g/mol. The fraction of sp³-hybridized carbons (Fsp3) is 0.556. The number of nitrogens with zero attached hydrogens (tertiary/aromatic N) is 1. The summed E-state index contributed by atoms with van der Waals surface area (Å²) < 4.78 is 17.9. The lowest BCUT2D eigenvalue weighted by atomic mass is 9.90. The second-order valence-electron chi connectivity index (χ2n) is 6.14. The molecule has 0 unspecified atom stereocenters. The van der Waals surface area contributed by atoms with Gasteiger partial charge >= 0.3 is 0 Å². The highest BCUT2D eigenvalue weighted by Crippen LogP contribution is 2.21. The normalized spacial score (nSPS) is 18.3. The van der Waals surface area contributed by atoms with Gasteiger partial charge in [0.05, 0.1) is 6.54 Å². The number of carbonyl (C=O) groups excluding carboxylic acids is 2. The number of Topliss-reactive ketones (excluding diaryl/α,β-unsaturated/α-hetero) is 1. The number of amides is 1.